The summed E-state index contributed by atoms with van der Waals surface area (Å²) in [6, 6.07) is 18.1. The van der Waals surface area contributed by atoms with Crippen LogP contribution < -0.4 is 10.1 Å². The Bertz CT molecular complexity index is 774. The number of anilines is 1. The smallest absolute Gasteiger partial charge is 0.188 e. The minimum atomic E-state index is -0.526. The van der Waals surface area contributed by atoms with Gasteiger partial charge in [-0.3, -0.25) is 9.80 Å². The molecule has 2 aliphatic rings. The summed E-state index contributed by atoms with van der Waals surface area (Å²) < 4.78 is 11.8. The van der Waals surface area contributed by atoms with Crippen molar-refractivity contribution in [3.05, 3.63) is 54.6 Å². The predicted molar refractivity (Wildman–Crippen MR) is 121 cm³/mol. The van der Waals surface area contributed by atoms with Crippen LogP contribution in [-0.2, 0) is 4.74 Å². The van der Waals surface area contributed by atoms with Gasteiger partial charge in [0.15, 0.2) is 5.06 Å². The third kappa shape index (κ3) is 5.89. The minimum Gasteiger partial charge on any atom is -0.492 e. The fraction of sp³-hybridized carbons (Fsp3) is 0.478. The molecule has 2 atom stereocenters. The van der Waals surface area contributed by atoms with Gasteiger partial charge in [0.1, 0.15) is 12.4 Å². The second-order valence-electron chi connectivity index (χ2n) is 7.94. The first-order chi connectivity index (χ1) is 14.6. The number of aliphatic hydroxyl groups is 1. The average Bonchev–Trinajstić information content (AvgIpc) is 3.11. The van der Waals surface area contributed by atoms with E-state index in [1.165, 1.54) is 4.90 Å². The molecule has 4 rings (SSSR count). The van der Waals surface area contributed by atoms with Crippen LogP contribution in [0.5, 0.6) is 5.75 Å². The SMILES string of the molecule is CC1(OC[C@H](O)CN2CCN(CCOc3ccccc3)CC2)Nc2ccccc2S1. The van der Waals surface area contributed by atoms with E-state index in [-0.39, 0.29) is 0 Å². The molecule has 0 amide bonds. The fourth-order valence-electron chi connectivity index (χ4n) is 3.82. The van der Waals surface area contributed by atoms with Crippen molar-refractivity contribution in [1.82, 2.24) is 9.80 Å². The van der Waals surface area contributed by atoms with Gasteiger partial charge in [0.25, 0.3) is 0 Å². The van der Waals surface area contributed by atoms with E-state index in [0.29, 0.717) is 19.8 Å². The van der Waals surface area contributed by atoms with E-state index in [0.717, 1.165) is 44.2 Å². The lowest BCUT2D eigenvalue weighted by molar-refractivity contribution is -0.0235. The van der Waals surface area contributed by atoms with Crippen LogP contribution in [0.15, 0.2) is 59.5 Å². The summed E-state index contributed by atoms with van der Waals surface area (Å²) in [6.07, 6.45) is -0.499. The Morgan fingerprint density at radius 2 is 1.73 bits per heavy atom. The maximum atomic E-state index is 10.5. The number of thioether (sulfide) groups is 1. The van der Waals surface area contributed by atoms with E-state index >= 15 is 0 Å². The van der Waals surface area contributed by atoms with Crippen LogP contribution in [0.1, 0.15) is 6.92 Å². The molecule has 6 nitrogen and oxygen atoms in total. The standard InChI is InChI=1S/C23H31N3O3S/c1-23(24-21-9-5-6-10-22(21)30-23)29-18-19(27)17-26-13-11-25(12-14-26)15-16-28-20-7-3-2-4-8-20/h2-10,19,24,27H,11-18H2,1H3/t19-,23?/m1/s1. The van der Waals surface area contributed by atoms with Gasteiger partial charge >= 0.3 is 0 Å². The molecular formula is C23H31N3O3S. The Kier molecular flexibility index (Phi) is 7.17. The lowest BCUT2D eigenvalue weighted by atomic mass is 10.2. The summed E-state index contributed by atoms with van der Waals surface area (Å²) in [6.45, 7) is 8.50. The number of hydrogen-bond donors (Lipinski definition) is 2. The van der Waals surface area contributed by atoms with Gasteiger partial charge in [-0.1, -0.05) is 42.1 Å². The minimum absolute atomic E-state index is 0.315. The summed E-state index contributed by atoms with van der Waals surface area (Å²) in [5, 5.41) is 13.4. The maximum absolute atomic E-state index is 10.5. The number of nitrogens with zero attached hydrogens (tertiary/aromatic N) is 2. The first kappa shape index (κ1) is 21.5. The number of para-hydroxylation sites is 2. The van der Waals surface area contributed by atoms with Crippen molar-refractivity contribution >= 4 is 17.4 Å². The first-order valence-corrected chi connectivity index (χ1v) is 11.4. The Balaban J connectivity index is 1.12. The number of piperazine rings is 1. The lowest BCUT2D eigenvalue weighted by Gasteiger charge is -2.36. The largest absolute Gasteiger partial charge is 0.492 e. The van der Waals surface area contributed by atoms with Crippen molar-refractivity contribution in [1.29, 1.82) is 0 Å². The van der Waals surface area contributed by atoms with Crippen LogP contribution in [0, 0.1) is 0 Å². The van der Waals surface area contributed by atoms with E-state index in [4.69, 9.17) is 9.47 Å². The zero-order valence-corrected chi connectivity index (χ0v) is 18.3. The molecule has 0 spiro atoms. The Morgan fingerprint density at radius 3 is 2.50 bits per heavy atom. The van der Waals surface area contributed by atoms with Crippen LogP contribution in [0.25, 0.3) is 0 Å². The van der Waals surface area contributed by atoms with E-state index in [1.54, 1.807) is 11.8 Å². The van der Waals surface area contributed by atoms with Gasteiger partial charge in [-0.2, -0.15) is 0 Å². The molecule has 30 heavy (non-hydrogen) atoms. The summed E-state index contributed by atoms with van der Waals surface area (Å²) in [4.78, 5) is 5.91. The maximum Gasteiger partial charge on any atom is 0.188 e. The van der Waals surface area contributed by atoms with Gasteiger partial charge in [-0.15, -0.1) is 0 Å². The Hall–Kier alpha value is -1.77. The highest BCUT2D eigenvalue weighted by molar-refractivity contribution is 8.01. The van der Waals surface area contributed by atoms with E-state index in [2.05, 4.69) is 27.2 Å². The number of aliphatic hydroxyl groups excluding tert-OH is 1. The predicted octanol–water partition coefficient (Wildman–Crippen LogP) is 2.95. The average molecular weight is 430 g/mol. The monoisotopic (exact) mass is 429 g/mol. The zero-order chi connectivity index (χ0) is 20.8. The molecular weight excluding hydrogens is 398 g/mol. The van der Waals surface area contributed by atoms with Gasteiger partial charge < -0.3 is 19.9 Å². The van der Waals surface area contributed by atoms with Gasteiger partial charge in [0, 0.05) is 44.2 Å². The van der Waals surface area contributed by atoms with Crippen molar-refractivity contribution < 1.29 is 14.6 Å². The topological polar surface area (TPSA) is 57.2 Å². The molecule has 0 aromatic heterocycles. The number of benzene rings is 2. The molecule has 1 fully saturated rings. The number of ether oxygens (including phenoxy) is 2. The zero-order valence-electron chi connectivity index (χ0n) is 17.5. The normalized spacial score (nSPS) is 23.0. The second-order valence-corrected chi connectivity index (χ2v) is 9.36. The number of rotatable bonds is 9. The molecule has 1 unspecified atom stereocenters. The molecule has 0 saturated carbocycles. The van der Waals surface area contributed by atoms with Gasteiger partial charge in [-0.25, -0.2) is 0 Å². The van der Waals surface area contributed by atoms with Crippen LogP contribution in [0.3, 0.4) is 0 Å². The van der Waals surface area contributed by atoms with Crippen LogP contribution in [0.2, 0.25) is 0 Å². The number of hydrogen-bond acceptors (Lipinski definition) is 7. The number of fused-ring (bicyclic) bond motifs is 1. The molecule has 0 bridgehead atoms. The molecule has 0 radical (unpaired) electrons. The third-order valence-electron chi connectivity index (χ3n) is 5.46. The number of nitrogens with one attached hydrogen (secondary N) is 1. The Morgan fingerprint density at radius 1 is 1.03 bits per heavy atom. The molecule has 1 saturated heterocycles. The highest BCUT2D eigenvalue weighted by Crippen LogP contribution is 2.45. The second kappa shape index (κ2) is 10.0. The number of β-amino-alcohol motifs (C(OH)–C–C–N with tert-alkyl or cyclic N) is 1. The van der Waals surface area contributed by atoms with Crippen LogP contribution in [-0.4, -0.2) is 78.5 Å². The summed E-state index contributed by atoms with van der Waals surface area (Å²) in [5.41, 5.74) is 1.09. The van der Waals surface area contributed by atoms with Gasteiger partial charge in [0.05, 0.1) is 18.4 Å². The van der Waals surface area contributed by atoms with E-state index < -0.39 is 11.2 Å². The fourth-order valence-corrected chi connectivity index (χ4v) is 4.90. The van der Waals surface area contributed by atoms with Crippen LogP contribution in [0.4, 0.5) is 5.69 Å². The third-order valence-corrected chi connectivity index (χ3v) is 6.64. The van der Waals surface area contributed by atoms with Gasteiger partial charge in [-0.05, 0) is 31.2 Å². The highest BCUT2D eigenvalue weighted by atomic mass is 32.2. The van der Waals surface area contributed by atoms with Crippen molar-refractivity contribution in [3.8, 4) is 5.75 Å². The first-order valence-electron chi connectivity index (χ1n) is 10.6. The molecule has 2 aliphatic heterocycles. The van der Waals surface area contributed by atoms with Gasteiger partial charge in [0.2, 0.25) is 0 Å². The summed E-state index contributed by atoms with van der Waals surface area (Å²) in [7, 11) is 0. The highest BCUT2D eigenvalue weighted by Gasteiger charge is 2.34. The molecule has 2 aromatic rings. The Labute approximate surface area is 183 Å². The van der Waals surface area contributed by atoms with Crippen molar-refractivity contribution in [3.63, 3.8) is 0 Å². The molecule has 7 heteroatoms. The van der Waals surface area contributed by atoms with Crippen LogP contribution >= 0.6 is 11.8 Å². The van der Waals surface area contributed by atoms with E-state index in [9.17, 15) is 5.11 Å². The molecule has 0 aliphatic carbocycles. The quantitative estimate of drug-likeness (QED) is 0.636. The lowest BCUT2D eigenvalue weighted by Crippen LogP contribution is -2.50. The summed E-state index contributed by atoms with van der Waals surface area (Å²) in [5.74, 6) is 0.922. The molecule has 2 aromatic carbocycles. The van der Waals surface area contributed by atoms with Crippen molar-refractivity contribution in [2.24, 2.45) is 0 Å². The molecule has 162 valence electrons. The molecule has 2 N–H and O–H groups in total. The van der Waals surface area contributed by atoms with Crippen molar-refractivity contribution in [2.75, 3.05) is 57.8 Å². The molecule has 2 heterocycles. The van der Waals surface area contributed by atoms with E-state index in [1.807, 2.05) is 49.4 Å². The van der Waals surface area contributed by atoms with Crippen molar-refractivity contribution in [2.45, 2.75) is 23.0 Å². The summed E-state index contributed by atoms with van der Waals surface area (Å²) >= 11 is 1.66.